The van der Waals surface area contributed by atoms with Crippen LogP contribution in [0.25, 0.3) is 0 Å². The Morgan fingerprint density at radius 2 is 2.25 bits per heavy atom. The summed E-state index contributed by atoms with van der Waals surface area (Å²) in [7, 11) is 1.12. The van der Waals surface area contributed by atoms with Crippen molar-refractivity contribution in [3.63, 3.8) is 0 Å². The molecule has 0 radical (unpaired) electrons. The van der Waals surface area contributed by atoms with Gasteiger partial charge in [0.1, 0.15) is 5.69 Å². The molecule has 0 saturated carbocycles. The van der Waals surface area contributed by atoms with Gasteiger partial charge in [-0.3, -0.25) is 4.79 Å². The van der Waals surface area contributed by atoms with Gasteiger partial charge in [0.25, 0.3) is 6.43 Å². The predicted molar refractivity (Wildman–Crippen MR) is 52.6 cm³/mol. The van der Waals surface area contributed by atoms with Crippen LogP contribution in [0.1, 0.15) is 17.8 Å². The van der Waals surface area contributed by atoms with Crippen LogP contribution in [0.15, 0.2) is 10.5 Å². The molecule has 0 aliphatic rings. The van der Waals surface area contributed by atoms with Gasteiger partial charge in [-0.15, -0.1) is 0 Å². The maximum absolute atomic E-state index is 13.4. The van der Waals surface area contributed by atoms with Gasteiger partial charge in [-0.25, -0.2) is 18.2 Å². The lowest BCUT2D eigenvalue weighted by atomic mass is 10.2. The van der Waals surface area contributed by atoms with E-state index in [0.29, 0.717) is 0 Å². The Bertz CT molecular complexity index is 412. The third-order valence-electron chi connectivity index (χ3n) is 1.76. The van der Waals surface area contributed by atoms with Crippen LogP contribution in [0.4, 0.5) is 13.2 Å². The van der Waals surface area contributed by atoms with Gasteiger partial charge in [-0.2, -0.15) is 0 Å². The quantitative estimate of drug-likeness (QED) is 0.805. The first-order valence-corrected chi connectivity index (χ1v) is 4.94. The van der Waals surface area contributed by atoms with Gasteiger partial charge >= 0.3 is 5.97 Å². The van der Waals surface area contributed by atoms with Crippen molar-refractivity contribution < 1.29 is 22.7 Å². The molecule has 88 valence electrons. The molecule has 1 heterocycles. The highest BCUT2D eigenvalue weighted by atomic mass is 79.9. The standard InChI is InChI=1S/C9H7BrF3NO2/c1-16-7(15)3-5-8(11)4(10)2-6(14-5)9(12)13/h2,9H,3H2,1H3. The summed E-state index contributed by atoms with van der Waals surface area (Å²) >= 11 is 2.78. The number of nitrogens with zero attached hydrogens (tertiary/aromatic N) is 1. The third-order valence-corrected chi connectivity index (χ3v) is 2.34. The van der Waals surface area contributed by atoms with Crippen LogP contribution >= 0.6 is 15.9 Å². The molecule has 7 heteroatoms. The van der Waals surface area contributed by atoms with Crippen molar-refractivity contribution in [2.45, 2.75) is 12.8 Å². The van der Waals surface area contributed by atoms with Crippen LogP contribution < -0.4 is 0 Å². The highest BCUT2D eigenvalue weighted by Crippen LogP contribution is 2.25. The fourth-order valence-corrected chi connectivity index (χ4v) is 1.47. The van der Waals surface area contributed by atoms with Crippen molar-refractivity contribution in [2.24, 2.45) is 0 Å². The van der Waals surface area contributed by atoms with E-state index in [-0.39, 0.29) is 10.2 Å². The molecule has 0 aliphatic carbocycles. The van der Waals surface area contributed by atoms with E-state index < -0.39 is 30.3 Å². The zero-order valence-corrected chi connectivity index (χ0v) is 9.72. The molecule has 0 amide bonds. The number of carbonyl (C=O) groups excluding carboxylic acids is 1. The second-order valence-corrected chi connectivity index (χ2v) is 3.70. The van der Waals surface area contributed by atoms with Gasteiger partial charge in [0.15, 0.2) is 5.82 Å². The number of methoxy groups -OCH3 is 1. The first-order valence-electron chi connectivity index (χ1n) is 4.15. The lowest BCUT2D eigenvalue weighted by molar-refractivity contribution is -0.139. The van der Waals surface area contributed by atoms with Gasteiger partial charge in [0, 0.05) is 0 Å². The Hall–Kier alpha value is -1.11. The summed E-state index contributed by atoms with van der Waals surface area (Å²) in [6, 6.07) is 0.876. The third kappa shape index (κ3) is 2.94. The topological polar surface area (TPSA) is 39.2 Å². The molecule has 1 rings (SSSR count). The number of rotatable bonds is 3. The number of pyridine rings is 1. The predicted octanol–water partition coefficient (Wildman–Crippen LogP) is 2.64. The molecule has 1 aromatic rings. The van der Waals surface area contributed by atoms with E-state index in [9.17, 15) is 18.0 Å². The number of halogens is 4. The Morgan fingerprint density at radius 3 is 2.75 bits per heavy atom. The van der Waals surface area contributed by atoms with E-state index in [2.05, 4.69) is 25.7 Å². The molecule has 16 heavy (non-hydrogen) atoms. The molecule has 0 fully saturated rings. The van der Waals surface area contributed by atoms with Crippen LogP contribution in [-0.4, -0.2) is 18.1 Å². The van der Waals surface area contributed by atoms with Crippen molar-refractivity contribution in [1.29, 1.82) is 0 Å². The fraction of sp³-hybridized carbons (Fsp3) is 0.333. The highest BCUT2D eigenvalue weighted by Gasteiger charge is 2.18. The average Bonchev–Trinajstić information content (AvgIpc) is 2.23. The summed E-state index contributed by atoms with van der Waals surface area (Å²) in [5.74, 6) is -1.58. The molecule has 0 aliphatic heterocycles. The second-order valence-electron chi connectivity index (χ2n) is 2.84. The molecular weight excluding hydrogens is 291 g/mol. The number of aromatic nitrogens is 1. The lowest BCUT2D eigenvalue weighted by Gasteiger charge is -2.06. The van der Waals surface area contributed by atoms with Crippen molar-refractivity contribution >= 4 is 21.9 Å². The number of esters is 1. The number of ether oxygens (including phenoxy) is 1. The van der Waals surface area contributed by atoms with E-state index >= 15 is 0 Å². The number of carbonyl (C=O) groups is 1. The molecule has 1 aromatic heterocycles. The summed E-state index contributed by atoms with van der Waals surface area (Å²) in [6.45, 7) is 0. The first kappa shape index (κ1) is 13.0. The zero-order chi connectivity index (χ0) is 12.3. The Balaban J connectivity index is 3.11. The minimum Gasteiger partial charge on any atom is -0.469 e. The fourth-order valence-electron chi connectivity index (χ4n) is 1.01. The van der Waals surface area contributed by atoms with Gasteiger partial charge in [0.05, 0.1) is 23.7 Å². The Morgan fingerprint density at radius 1 is 1.62 bits per heavy atom. The van der Waals surface area contributed by atoms with Crippen LogP contribution in [-0.2, 0) is 16.0 Å². The van der Waals surface area contributed by atoms with Crippen molar-refractivity contribution in [3.05, 3.63) is 27.7 Å². The normalized spacial score (nSPS) is 10.6. The number of hydrogen-bond donors (Lipinski definition) is 0. The summed E-state index contributed by atoms with van der Waals surface area (Å²) in [6.07, 6.45) is -3.31. The largest absolute Gasteiger partial charge is 0.469 e. The van der Waals surface area contributed by atoms with Crippen molar-refractivity contribution in [3.8, 4) is 0 Å². The molecule has 0 unspecified atom stereocenters. The zero-order valence-electron chi connectivity index (χ0n) is 8.14. The van der Waals surface area contributed by atoms with Crippen molar-refractivity contribution in [1.82, 2.24) is 4.98 Å². The maximum Gasteiger partial charge on any atom is 0.311 e. The Kier molecular flexibility index (Phi) is 4.28. The van der Waals surface area contributed by atoms with Gasteiger partial charge in [-0.05, 0) is 22.0 Å². The van der Waals surface area contributed by atoms with E-state index in [4.69, 9.17) is 0 Å². The summed E-state index contributed by atoms with van der Waals surface area (Å²) in [5.41, 5.74) is -0.955. The van der Waals surface area contributed by atoms with Crippen LogP contribution in [0.2, 0.25) is 0 Å². The summed E-state index contributed by atoms with van der Waals surface area (Å²) in [5, 5.41) is 0. The van der Waals surface area contributed by atoms with Crippen LogP contribution in [0.3, 0.4) is 0 Å². The molecule has 0 N–H and O–H groups in total. The van der Waals surface area contributed by atoms with Crippen molar-refractivity contribution in [2.75, 3.05) is 7.11 Å². The minimum atomic E-state index is -2.83. The number of hydrogen-bond acceptors (Lipinski definition) is 3. The van der Waals surface area contributed by atoms with Gasteiger partial charge < -0.3 is 4.74 Å². The smallest absolute Gasteiger partial charge is 0.311 e. The van der Waals surface area contributed by atoms with E-state index in [1.54, 1.807) is 0 Å². The van der Waals surface area contributed by atoms with E-state index in [1.165, 1.54) is 0 Å². The molecule has 0 atom stereocenters. The summed E-state index contributed by atoms with van der Waals surface area (Å²) < 4.78 is 42.2. The van der Waals surface area contributed by atoms with Gasteiger partial charge in [0.2, 0.25) is 0 Å². The lowest BCUT2D eigenvalue weighted by Crippen LogP contribution is -2.10. The molecule has 0 spiro atoms. The molecular formula is C9H7BrF3NO2. The number of alkyl halides is 2. The first-order chi connectivity index (χ1) is 7.45. The van der Waals surface area contributed by atoms with Gasteiger partial charge in [-0.1, -0.05) is 0 Å². The van der Waals surface area contributed by atoms with Crippen LogP contribution in [0.5, 0.6) is 0 Å². The highest BCUT2D eigenvalue weighted by molar-refractivity contribution is 9.10. The van der Waals surface area contributed by atoms with E-state index in [1.807, 2.05) is 0 Å². The summed E-state index contributed by atoms with van der Waals surface area (Å²) in [4.78, 5) is 14.3. The SMILES string of the molecule is COC(=O)Cc1nc(C(F)F)cc(Br)c1F. The monoisotopic (exact) mass is 297 g/mol. The van der Waals surface area contributed by atoms with E-state index in [0.717, 1.165) is 13.2 Å². The molecule has 0 bridgehead atoms. The molecule has 3 nitrogen and oxygen atoms in total. The average molecular weight is 298 g/mol. The Labute approximate surface area is 97.8 Å². The maximum atomic E-state index is 13.4. The molecule has 0 aromatic carbocycles. The van der Waals surface area contributed by atoms with Crippen LogP contribution in [0, 0.1) is 5.82 Å². The minimum absolute atomic E-state index is 0.156. The molecule has 0 saturated heterocycles. The second kappa shape index (κ2) is 5.29.